The summed E-state index contributed by atoms with van der Waals surface area (Å²) in [5.41, 5.74) is -0.818. The van der Waals surface area contributed by atoms with Crippen LogP contribution in [0.15, 0.2) is 58.4 Å². The molecule has 1 aromatic heterocycles. The number of aliphatic carboxylic acids is 1. The Bertz CT molecular complexity index is 1610. The molecule has 0 spiro atoms. The number of ether oxygens (including phenoxy) is 2. The Morgan fingerprint density at radius 3 is 2.51 bits per heavy atom. The normalized spacial score (nSPS) is 15.7. The second-order valence-corrected chi connectivity index (χ2v) is 9.09. The monoisotopic (exact) mass is 531 g/mol. The Morgan fingerprint density at radius 2 is 1.82 bits per heavy atom. The van der Waals surface area contributed by atoms with Crippen LogP contribution in [-0.4, -0.2) is 52.7 Å². The number of rotatable bonds is 10. The average molecular weight is 532 g/mol. The summed E-state index contributed by atoms with van der Waals surface area (Å²) in [6.45, 7) is 0.685. The largest absolute Gasteiger partial charge is 0.497 e. The first-order valence-corrected chi connectivity index (χ1v) is 12.3. The van der Waals surface area contributed by atoms with Gasteiger partial charge in [0.1, 0.15) is 35.2 Å². The number of amides is 1. The Morgan fingerprint density at radius 1 is 1.08 bits per heavy atom. The second kappa shape index (κ2) is 10.9. The summed E-state index contributed by atoms with van der Waals surface area (Å²) in [6, 6.07) is 10.4. The summed E-state index contributed by atoms with van der Waals surface area (Å²) in [4.78, 5) is 57.0. The zero-order valence-electron chi connectivity index (χ0n) is 20.9. The van der Waals surface area contributed by atoms with Crippen molar-refractivity contribution in [2.45, 2.75) is 31.3 Å². The van der Waals surface area contributed by atoms with Gasteiger partial charge in [0, 0.05) is 6.42 Å². The van der Waals surface area contributed by atoms with Crippen molar-refractivity contribution in [3.63, 3.8) is 0 Å². The zero-order chi connectivity index (χ0) is 27.5. The number of methoxy groups -OCH3 is 1. The first kappa shape index (κ1) is 25.8. The highest BCUT2D eigenvalue weighted by Gasteiger charge is 2.30. The predicted octanol–water partition coefficient (Wildman–Crippen LogP) is 1.82. The number of nitrogens with one attached hydrogen (secondary N) is 3. The van der Waals surface area contributed by atoms with Gasteiger partial charge < -0.3 is 30.5 Å². The van der Waals surface area contributed by atoms with Gasteiger partial charge in [-0.3, -0.25) is 14.4 Å². The van der Waals surface area contributed by atoms with Crippen LogP contribution in [0.3, 0.4) is 0 Å². The second-order valence-electron chi connectivity index (χ2n) is 9.09. The van der Waals surface area contributed by atoms with Gasteiger partial charge in [0.2, 0.25) is 11.8 Å². The van der Waals surface area contributed by atoms with Crippen molar-refractivity contribution in [1.29, 1.82) is 0 Å². The molecule has 3 aromatic carbocycles. The Balaban J connectivity index is 1.28. The van der Waals surface area contributed by atoms with Crippen LogP contribution in [-0.2, 0) is 16.0 Å². The first-order chi connectivity index (χ1) is 18.8. The van der Waals surface area contributed by atoms with Crippen LogP contribution < -0.4 is 36.3 Å². The molecule has 0 saturated carbocycles. The van der Waals surface area contributed by atoms with Crippen LogP contribution in [0.25, 0.3) is 10.9 Å². The molecule has 1 fully saturated rings. The standard InChI is InChI=1S/C27H25N5O7/c1-38-16-8-9-18-17(12-16)26(30-13-29-18)39-15-6-4-14(5-7-15)11-20(27(36)37)31-21-22(24(34)23(21)33)32-25(35)19-3-2-10-28-19/h4-9,12-13,19-20,28,31H,2-3,10-11H2,1H3,(H,32,35)(H,36,37)/t19-,20+/m1/s1. The molecule has 0 unspecified atom stereocenters. The van der Waals surface area contributed by atoms with E-state index in [2.05, 4.69) is 25.9 Å². The number of carboxylic acid groups (broad SMARTS) is 1. The lowest BCUT2D eigenvalue weighted by atomic mass is 10.0. The Kier molecular flexibility index (Phi) is 7.19. The third-order valence-corrected chi connectivity index (χ3v) is 6.54. The van der Waals surface area contributed by atoms with Crippen LogP contribution in [0.5, 0.6) is 17.4 Å². The minimum atomic E-state index is -1.22. The molecule has 39 heavy (non-hydrogen) atoms. The molecule has 200 valence electrons. The lowest BCUT2D eigenvalue weighted by molar-refractivity contribution is -0.137. The molecule has 12 heteroatoms. The van der Waals surface area contributed by atoms with E-state index >= 15 is 0 Å². The smallest absolute Gasteiger partial charge is 0.326 e. The number of carboxylic acids is 1. The SMILES string of the molecule is COc1ccc2ncnc(Oc3ccc(C[C@H](Nc4c(NC(=O)[C@H]5CCCN5)c(=O)c4=O)C(=O)O)cc3)c2c1. The maximum Gasteiger partial charge on any atom is 0.326 e. The number of aromatic nitrogens is 2. The van der Waals surface area contributed by atoms with Crippen LogP contribution in [0.1, 0.15) is 18.4 Å². The number of fused-ring (bicyclic) bond motifs is 1. The van der Waals surface area contributed by atoms with Crippen molar-refractivity contribution in [2.75, 3.05) is 24.3 Å². The molecule has 5 rings (SSSR count). The van der Waals surface area contributed by atoms with Crippen molar-refractivity contribution in [3.05, 3.63) is 74.8 Å². The van der Waals surface area contributed by atoms with E-state index in [0.29, 0.717) is 46.8 Å². The van der Waals surface area contributed by atoms with Gasteiger partial charge in [0.25, 0.3) is 10.9 Å². The van der Waals surface area contributed by atoms with E-state index in [1.807, 2.05) is 0 Å². The molecule has 0 bridgehead atoms. The molecule has 1 aliphatic rings. The molecular weight excluding hydrogens is 506 g/mol. The van der Waals surface area contributed by atoms with Gasteiger partial charge >= 0.3 is 5.97 Å². The average Bonchev–Trinajstić information content (AvgIpc) is 3.50. The number of benzene rings is 2. The van der Waals surface area contributed by atoms with Gasteiger partial charge in [-0.2, -0.15) is 0 Å². The van der Waals surface area contributed by atoms with E-state index in [4.69, 9.17) is 9.47 Å². The van der Waals surface area contributed by atoms with Crippen molar-refractivity contribution in [2.24, 2.45) is 0 Å². The van der Waals surface area contributed by atoms with E-state index in [-0.39, 0.29) is 17.8 Å². The first-order valence-electron chi connectivity index (χ1n) is 12.3. The predicted molar refractivity (Wildman–Crippen MR) is 142 cm³/mol. The highest BCUT2D eigenvalue weighted by molar-refractivity contribution is 5.99. The van der Waals surface area contributed by atoms with Gasteiger partial charge in [-0.1, -0.05) is 12.1 Å². The van der Waals surface area contributed by atoms with E-state index in [0.717, 1.165) is 6.42 Å². The molecule has 1 saturated heterocycles. The zero-order valence-corrected chi connectivity index (χ0v) is 20.9. The number of anilines is 2. The number of carbonyl (C=O) groups excluding carboxylic acids is 1. The van der Waals surface area contributed by atoms with Gasteiger partial charge in [-0.25, -0.2) is 14.8 Å². The fourth-order valence-electron chi connectivity index (χ4n) is 4.40. The van der Waals surface area contributed by atoms with Crippen molar-refractivity contribution in [1.82, 2.24) is 15.3 Å². The molecule has 0 radical (unpaired) electrons. The lowest BCUT2D eigenvalue weighted by Gasteiger charge is -2.20. The molecule has 4 N–H and O–H groups in total. The minimum Gasteiger partial charge on any atom is -0.497 e. The summed E-state index contributed by atoms with van der Waals surface area (Å²) in [5, 5.41) is 18.5. The summed E-state index contributed by atoms with van der Waals surface area (Å²) >= 11 is 0. The minimum absolute atomic E-state index is 0.000370. The topological polar surface area (TPSA) is 169 Å². The number of hydrogen-bond acceptors (Lipinski definition) is 10. The lowest BCUT2D eigenvalue weighted by Crippen LogP contribution is -2.45. The van der Waals surface area contributed by atoms with Crippen LogP contribution in [0.2, 0.25) is 0 Å². The fraction of sp³-hybridized carbons (Fsp3) is 0.259. The van der Waals surface area contributed by atoms with E-state index in [1.54, 1.807) is 49.6 Å². The van der Waals surface area contributed by atoms with Gasteiger partial charge in [-0.15, -0.1) is 0 Å². The van der Waals surface area contributed by atoms with Crippen LogP contribution in [0.4, 0.5) is 11.4 Å². The third kappa shape index (κ3) is 5.41. The van der Waals surface area contributed by atoms with E-state index in [9.17, 15) is 24.3 Å². The molecular formula is C27H25N5O7. The number of nitrogens with zero attached hydrogens (tertiary/aromatic N) is 2. The number of carbonyl (C=O) groups is 2. The quantitative estimate of drug-likeness (QED) is 0.220. The Hall–Kier alpha value is -4.84. The highest BCUT2D eigenvalue weighted by atomic mass is 16.5. The highest BCUT2D eigenvalue weighted by Crippen LogP contribution is 2.29. The fourth-order valence-corrected chi connectivity index (χ4v) is 4.40. The Labute approximate surface area is 221 Å². The van der Waals surface area contributed by atoms with Crippen LogP contribution in [0, 0.1) is 0 Å². The van der Waals surface area contributed by atoms with Gasteiger partial charge in [-0.05, 0) is 55.3 Å². The molecule has 2 atom stereocenters. The van der Waals surface area contributed by atoms with Crippen molar-refractivity contribution >= 4 is 34.2 Å². The molecule has 12 nitrogen and oxygen atoms in total. The molecule has 1 aliphatic heterocycles. The van der Waals surface area contributed by atoms with Gasteiger partial charge in [0.05, 0.1) is 24.1 Å². The molecule has 2 heterocycles. The maximum absolute atomic E-state index is 12.4. The van der Waals surface area contributed by atoms with Gasteiger partial charge in [0.15, 0.2) is 0 Å². The van der Waals surface area contributed by atoms with E-state index < -0.39 is 34.8 Å². The van der Waals surface area contributed by atoms with Crippen molar-refractivity contribution in [3.8, 4) is 17.4 Å². The molecule has 0 aliphatic carbocycles. The summed E-state index contributed by atoms with van der Waals surface area (Å²) in [7, 11) is 1.56. The third-order valence-electron chi connectivity index (χ3n) is 6.54. The number of hydrogen-bond donors (Lipinski definition) is 4. The summed E-state index contributed by atoms with van der Waals surface area (Å²) < 4.78 is 11.2. The molecule has 4 aromatic rings. The van der Waals surface area contributed by atoms with E-state index in [1.165, 1.54) is 6.33 Å². The van der Waals surface area contributed by atoms with Crippen LogP contribution >= 0.6 is 0 Å². The van der Waals surface area contributed by atoms with Crippen molar-refractivity contribution < 1.29 is 24.2 Å². The summed E-state index contributed by atoms with van der Waals surface area (Å²) in [6.07, 6.45) is 2.83. The summed E-state index contributed by atoms with van der Waals surface area (Å²) in [5.74, 6) is -0.224. The maximum atomic E-state index is 12.4. The molecule has 1 amide bonds.